The molecule has 0 spiro atoms. The van der Waals surface area contributed by atoms with Crippen LogP contribution in [0.1, 0.15) is 74.1 Å². The maximum absolute atomic E-state index is 5.15. The second-order valence-electron chi connectivity index (χ2n) is 4.09. The number of hydrogen-bond acceptors (Lipinski definition) is 3. The van der Waals surface area contributed by atoms with E-state index in [1.165, 1.54) is 12.8 Å². The Morgan fingerprint density at radius 3 is 2.16 bits per heavy atom. The topological polar surface area (TPSA) is 33.6 Å². The third-order valence-electron chi connectivity index (χ3n) is 2.50. The first-order valence-electron chi connectivity index (χ1n) is 8.02. The molecule has 2 atom stereocenters. The summed E-state index contributed by atoms with van der Waals surface area (Å²) in [6, 6.07) is 0.357. The molecule has 0 aliphatic carbocycles. The lowest BCUT2D eigenvalue weighted by molar-refractivity contribution is 0.162. The molecule has 0 radical (unpaired) electrons. The van der Waals surface area contributed by atoms with Crippen molar-refractivity contribution in [3.63, 3.8) is 0 Å². The molecule has 0 saturated carbocycles. The number of hydrogen-bond donors (Lipinski definition) is 1. The molecular weight excluding hydrogens is 236 g/mol. The van der Waals surface area contributed by atoms with Crippen LogP contribution in [0.15, 0.2) is 5.10 Å². The van der Waals surface area contributed by atoms with Crippen molar-refractivity contribution in [2.24, 2.45) is 11.0 Å². The van der Waals surface area contributed by atoms with Gasteiger partial charge in [0, 0.05) is 13.3 Å². The van der Waals surface area contributed by atoms with Crippen molar-refractivity contribution in [1.82, 2.24) is 5.43 Å². The van der Waals surface area contributed by atoms with Gasteiger partial charge in [0.15, 0.2) is 0 Å². The average Bonchev–Trinajstić information content (AvgIpc) is 2.48. The minimum absolute atomic E-state index is 0.357. The van der Waals surface area contributed by atoms with Crippen molar-refractivity contribution in [3.05, 3.63) is 0 Å². The molecule has 0 aromatic carbocycles. The highest BCUT2D eigenvalue weighted by molar-refractivity contribution is 5.59. The van der Waals surface area contributed by atoms with Crippen LogP contribution >= 0.6 is 0 Å². The van der Waals surface area contributed by atoms with Gasteiger partial charge in [-0.2, -0.15) is 5.10 Å². The summed E-state index contributed by atoms with van der Waals surface area (Å²) in [6.45, 7) is 15.3. The van der Waals surface area contributed by atoms with Gasteiger partial charge in [0.2, 0.25) is 0 Å². The smallest absolute Gasteiger partial charge is 0.0680 e. The molecule has 0 aromatic heterocycles. The molecule has 118 valence electrons. The lowest BCUT2D eigenvalue weighted by Gasteiger charge is -2.15. The number of nitrogens with zero attached hydrogens (tertiary/aromatic N) is 1. The van der Waals surface area contributed by atoms with E-state index in [9.17, 15) is 0 Å². The highest BCUT2D eigenvalue weighted by atomic mass is 16.5. The Kier molecular flexibility index (Phi) is 28.0. The quantitative estimate of drug-likeness (QED) is 0.481. The molecule has 0 saturated heterocycles. The highest BCUT2D eigenvalue weighted by Gasteiger charge is 2.05. The van der Waals surface area contributed by atoms with Gasteiger partial charge in [-0.1, -0.05) is 61.3 Å². The van der Waals surface area contributed by atoms with Crippen LogP contribution in [-0.2, 0) is 4.74 Å². The van der Waals surface area contributed by atoms with Crippen LogP contribution in [0.4, 0.5) is 0 Å². The molecule has 3 heteroatoms. The van der Waals surface area contributed by atoms with Gasteiger partial charge in [-0.25, -0.2) is 0 Å². The first kappa shape index (κ1) is 23.5. The Hall–Kier alpha value is -0.570. The number of nitrogens with one attached hydrogen (secondary N) is 1. The zero-order valence-corrected chi connectivity index (χ0v) is 14.6. The van der Waals surface area contributed by atoms with E-state index < -0.39 is 0 Å². The first-order chi connectivity index (χ1) is 9.24. The Morgan fingerprint density at radius 2 is 1.74 bits per heavy atom. The van der Waals surface area contributed by atoms with Gasteiger partial charge in [0.1, 0.15) is 0 Å². The summed E-state index contributed by atoms with van der Waals surface area (Å²) < 4.78 is 5.15. The molecule has 19 heavy (non-hydrogen) atoms. The molecule has 3 nitrogen and oxygen atoms in total. The molecule has 0 bridgehead atoms. The summed E-state index contributed by atoms with van der Waals surface area (Å²) in [5.74, 6) is 0.548. The van der Waals surface area contributed by atoms with E-state index in [2.05, 4.69) is 31.3 Å². The second-order valence-corrected chi connectivity index (χ2v) is 4.09. The maximum Gasteiger partial charge on any atom is 0.0680 e. The van der Waals surface area contributed by atoms with Crippen LogP contribution in [-0.4, -0.2) is 26.0 Å². The molecule has 1 unspecified atom stereocenters. The lowest BCUT2D eigenvalue weighted by Crippen LogP contribution is -2.29. The monoisotopic (exact) mass is 274 g/mol. The van der Waals surface area contributed by atoms with E-state index in [-0.39, 0.29) is 0 Å². The van der Waals surface area contributed by atoms with Gasteiger partial charge >= 0.3 is 0 Å². The SMILES string of the molecule is CC.CC.CCCCC(COC)N/N=C\[C@H](C)CC. The molecular formula is C16H38N2O. The van der Waals surface area contributed by atoms with Gasteiger partial charge in [0.05, 0.1) is 12.6 Å². The maximum atomic E-state index is 5.15. The van der Waals surface area contributed by atoms with E-state index in [0.29, 0.717) is 12.0 Å². The summed E-state index contributed by atoms with van der Waals surface area (Å²) in [4.78, 5) is 0. The molecule has 0 aliphatic rings. The fourth-order valence-corrected chi connectivity index (χ4v) is 1.22. The standard InChI is InChI=1S/C12H26N2O.2C2H6/c1-5-7-8-12(10-15-4)14-13-9-11(3)6-2;2*1-2/h9,11-12,14H,5-8,10H2,1-4H3;2*1-2H3/b13-9-;;/t11-,12?;;/m1../s1. The predicted molar refractivity (Wildman–Crippen MR) is 89.0 cm³/mol. The number of ether oxygens (including phenoxy) is 1. The van der Waals surface area contributed by atoms with Crippen LogP contribution in [0.3, 0.4) is 0 Å². The van der Waals surface area contributed by atoms with E-state index >= 15 is 0 Å². The van der Waals surface area contributed by atoms with Crippen molar-refractivity contribution >= 4 is 6.21 Å². The predicted octanol–water partition coefficient (Wildman–Crippen LogP) is 4.87. The second kappa shape index (κ2) is 22.6. The van der Waals surface area contributed by atoms with Gasteiger partial charge in [0.25, 0.3) is 0 Å². The summed E-state index contributed by atoms with van der Waals surface area (Å²) in [7, 11) is 1.74. The van der Waals surface area contributed by atoms with E-state index in [0.717, 1.165) is 19.4 Å². The largest absolute Gasteiger partial charge is 0.382 e. The first-order valence-corrected chi connectivity index (χ1v) is 8.02. The molecule has 0 fully saturated rings. The number of methoxy groups -OCH3 is 1. The van der Waals surface area contributed by atoms with E-state index in [4.69, 9.17) is 4.74 Å². The van der Waals surface area contributed by atoms with Crippen molar-refractivity contribution < 1.29 is 4.74 Å². The number of hydrazone groups is 1. The Labute approximate surface area is 122 Å². The molecule has 0 aliphatic heterocycles. The number of rotatable bonds is 9. The van der Waals surface area contributed by atoms with Crippen LogP contribution in [0, 0.1) is 5.92 Å². The zero-order valence-electron chi connectivity index (χ0n) is 14.6. The summed E-state index contributed by atoms with van der Waals surface area (Å²) in [5.41, 5.74) is 3.17. The zero-order chi connectivity index (χ0) is 15.5. The Morgan fingerprint density at radius 1 is 1.16 bits per heavy atom. The normalized spacial score (nSPS) is 12.8. The average molecular weight is 274 g/mol. The van der Waals surface area contributed by atoms with Crippen LogP contribution < -0.4 is 5.43 Å². The Bertz CT molecular complexity index is 161. The lowest BCUT2D eigenvalue weighted by atomic mass is 10.1. The van der Waals surface area contributed by atoms with E-state index in [1.54, 1.807) is 7.11 Å². The molecule has 0 amide bonds. The van der Waals surface area contributed by atoms with Crippen molar-refractivity contribution in [1.29, 1.82) is 0 Å². The number of unbranched alkanes of at least 4 members (excludes halogenated alkanes) is 1. The fraction of sp³-hybridized carbons (Fsp3) is 0.938. The van der Waals surface area contributed by atoms with Crippen molar-refractivity contribution in [3.8, 4) is 0 Å². The van der Waals surface area contributed by atoms with E-state index in [1.807, 2.05) is 33.9 Å². The third-order valence-corrected chi connectivity index (χ3v) is 2.50. The van der Waals surface area contributed by atoms with Crippen molar-refractivity contribution in [2.75, 3.05) is 13.7 Å². The van der Waals surface area contributed by atoms with Gasteiger partial charge in [-0.05, 0) is 18.8 Å². The minimum Gasteiger partial charge on any atom is -0.382 e. The summed E-state index contributed by atoms with van der Waals surface area (Å²) in [5, 5.41) is 4.26. The van der Waals surface area contributed by atoms with Crippen LogP contribution in [0.25, 0.3) is 0 Å². The fourth-order valence-electron chi connectivity index (χ4n) is 1.22. The summed E-state index contributed by atoms with van der Waals surface area (Å²) >= 11 is 0. The van der Waals surface area contributed by atoms with Gasteiger partial charge in [-0.3, -0.25) is 0 Å². The van der Waals surface area contributed by atoms with Gasteiger partial charge in [-0.15, -0.1) is 0 Å². The highest BCUT2D eigenvalue weighted by Crippen LogP contribution is 2.01. The molecule has 0 rings (SSSR count). The van der Waals surface area contributed by atoms with Crippen molar-refractivity contribution in [2.45, 2.75) is 80.2 Å². The van der Waals surface area contributed by atoms with Gasteiger partial charge < -0.3 is 10.2 Å². The Balaban J connectivity index is -0.000000579. The summed E-state index contributed by atoms with van der Waals surface area (Å²) in [6.07, 6.45) is 6.68. The molecule has 0 aromatic rings. The minimum atomic E-state index is 0.357. The van der Waals surface area contributed by atoms with Crippen LogP contribution in [0.2, 0.25) is 0 Å². The molecule has 0 heterocycles. The molecule has 1 N–H and O–H groups in total. The van der Waals surface area contributed by atoms with Crippen LogP contribution in [0.5, 0.6) is 0 Å². The third kappa shape index (κ3) is 19.9.